The summed E-state index contributed by atoms with van der Waals surface area (Å²) in [5.41, 5.74) is 4.43. The number of hydrogen-bond donors (Lipinski definition) is 1. The Kier molecular flexibility index (Phi) is 5.63. The fraction of sp³-hybridized carbons (Fsp3) is 0.429. The number of rotatable bonds is 5. The van der Waals surface area contributed by atoms with E-state index in [4.69, 9.17) is 14.2 Å². The average molecular weight is 386 g/mol. The smallest absolute Gasteiger partial charge is 0.339 e. The number of ether oxygens (including phenoxy) is 3. The van der Waals surface area contributed by atoms with Crippen molar-refractivity contribution in [3.63, 3.8) is 0 Å². The highest BCUT2D eigenvalue weighted by Crippen LogP contribution is 2.34. The Morgan fingerprint density at radius 3 is 2.32 bits per heavy atom. The topological polar surface area (TPSA) is 80.9 Å². The number of carbonyl (C=O) groups excluding carboxylic acids is 2. The Balaban J connectivity index is 1.91. The highest BCUT2D eigenvalue weighted by Gasteiger charge is 2.29. The SMILES string of the molecule is CCc1[nH]c(C(=O)N2CCc3cc(OC)c(OC)cc3C2)c(C)c1C(=O)OC. The molecule has 3 rings (SSSR count). The summed E-state index contributed by atoms with van der Waals surface area (Å²) < 4.78 is 15.6. The third-order valence-electron chi connectivity index (χ3n) is 5.29. The van der Waals surface area contributed by atoms with Gasteiger partial charge in [0.1, 0.15) is 5.69 Å². The third-order valence-corrected chi connectivity index (χ3v) is 5.29. The zero-order valence-electron chi connectivity index (χ0n) is 17.0. The molecule has 0 aliphatic carbocycles. The Bertz CT molecular complexity index is 916. The molecule has 28 heavy (non-hydrogen) atoms. The van der Waals surface area contributed by atoms with Crippen molar-refractivity contribution in [2.75, 3.05) is 27.9 Å². The maximum Gasteiger partial charge on any atom is 0.339 e. The number of carbonyl (C=O) groups is 2. The fourth-order valence-corrected chi connectivity index (χ4v) is 3.73. The van der Waals surface area contributed by atoms with E-state index in [0.29, 0.717) is 47.8 Å². The van der Waals surface area contributed by atoms with E-state index in [2.05, 4.69) is 4.98 Å². The molecule has 0 bridgehead atoms. The number of methoxy groups -OCH3 is 3. The van der Waals surface area contributed by atoms with E-state index in [1.165, 1.54) is 7.11 Å². The highest BCUT2D eigenvalue weighted by molar-refractivity contribution is 6.00. The zero-order chi connectivity index (χ0) is 20.4. The first kappa shape index (κ1) is 19.8. The van der Waals surface area contributed by atoms with E-state index >= 15 is 0 Å². The van der Waals surface area contributed by atoms with Crippen molar-refractivity contribution in [3.05, 3.63) is 45.8 Å². The van der Waals surface area contributed by atoms with Crippen LogP contribution in [0.3, 0.4) is 0 Å². The quantitative estimate of drug-likeness (QED) is 0.799. The number of benzene rings is 1. The minimum atomic E-state index is -0.425. The molecule has 150 valence electrons. The van der Waals surface area contributed by atoms with Crippen LogP contribution in [0.2, 0.25) is 0 Å². The zero-order valence-corrected chi connectivity index (χ0v) is 17.0. The van der Waals surface area contributed by atoms with Crippen LogP contribution < -0.4 is 9.47 Å². The molecule has 7 heteroatoms. The second-order valence-corrected chi connectivity index (χ2v) is 6.78. The van der Waals surface area contributed by atoms with Crippen LogP contribution in [0.4, 0.5) is 0 Å². The molecule has 2 heterocycles. The molecular formula is C21H26N2O5. The van der Waals surface area contributed by atoms with Gasteiger partial charge < -0.3 is 24.1 Å². The summed E-state index contributed by atoms with van der Waals surface area (Å²) in [6.45, 7) is 4.78. The predicted molar refractivity (Wildman–Crippen MR) is 104 cm³/mol. The third kappa shape index (κ3) is 3.32. The first-order valence-corrected chi connectivity index (χ1v) is 9.27. The second kappa shape index (κ2) is 7.96. The van der Waals surface area contributed by atoms with Gasteiger partial charge in [0.15, 0.2) is 11.5 Å². The van der Waals surface area contributed by atoms with Gasteiger partial charge in [-0.1, -0.05) is 6.92 Å². The lowest BCUT2D eigenvalue weighted by atomic mass is 9.98. The molecule has 2 aromatic rings. The monoisotopic (exact) mass is 386 g/mol. The van der Waals surface area contributed by atoms with E-state index in [0.717, 1.165) is 23.2 Å². The van der Waals surface area contributed by atoms with Crippen LogP contribution >= 0.6 is 0 Å². The van der Waals surface area contributed by atoms with E-state index in [-0.39, 0.29) is 5.91 Å². The van der Waals surface area contributed by atoms with E-state index in [1.807, 2.05) is 19.1 Å². The second-order valence-electron chi connectivity index (χ2n) is 6.78. The molecule has 1 aliphatic heterocycles. The van der Waals surface area contributed by atoms with Gasteiger partial charge in [0, 0.05) is 18.8 Å². The van der Waals surface area contributed by atoms with Crippen molar-refractivity contribution in [2.24, 2.45) is 0 Å². The summed E-state index contributed by atoms with van der Waals surface area (Å²) in [4.78, 5) is 30.2. The van der Waals surface area contributed by atoms with Gasteiger partial charge in [-0.2, -0.15) is 0 Å². The summed E-state index contributed by atoms with van der Waals surface area (Å²) in [7, 11) is 4.55. The number of aromatic nitrogens is 1. The lowest BCUT2D eigenvalue weighted by Crippen LogP contribution is -2.36. The number of hydrogen-bond acceptors (Lipinski definition) is 5. The number of aromatic amines is 1. The van der Waals surface area contributed by atoms with Gasteiger partial charge in [-0.3, -0.25) is 4.79 Å². The van der Waals surface area contributed by atoms with E-state index < -0.39 is 5.97 Å². The fourth-order valence-electron chi connectivity index (χ4n) is 3.73. The number of aryl methyl sites for hydroxylation is 1. The number of fused-ring (bicyclic) bond motifs is 1. The van der Waals surface area contributed by atoms with Crippen molar-refractivity contribution >= 4 is 11.9 Å². The van der Waals surface area contributed by atoms with Crippen molar-refractivity contribution in [3.8, 4) is 11.5 Å². The number of H-pyrrole nitrogens is 1. The summed E-state index contributed by atoms with van der Waals surface area (Å²) >= 11 is 0. The Hall–Kier alpha value is -2.96. The first-order chi connectivity index (χ1) is 13.4. The standard InChI is InChI=1S/C21H26N2O5/c1-6-15-18(21(25)28-5)12(2)19(22-15)20(24)23-8-7-13-9-16(26-3)17(27-4)10-14(13)11-23/h9-10,22H,6-8,11H2,1-5H3. The van der Waals surface area contributed by atoms with Crippen LogP contribution in [-0.4, -0.2) is 49.6 Å². The van der Waals surface area contributed by atoms with Crippen LogP contribution in [0.25, 0.3) is 0 Å². The summed E-state index contributed by atoms with van der Waals surface area (Å²) in [6, 6.07) is 3.90. The van der Waals surface area contributed by atoms with E-state index in [1.54, 1.807) is 26.0 Å². The summed E-state index contributed by atoms with van der Waals surface area (Å²) in [5, 5.41) is 0. The molecule has 0 unspecified atom stereocenters. The molecule has 1 aromatic carbocycles. The van der Waals surface area contributed by atoms with Crippen LogP contribution in [0.5, 0.6) is 11.5 Å². The average Bonchev–Trinajstić information content (AvgIpc) is 3.07. The molecule has 0 atom stereocenters. The van der Waals surface area contributed by atoms with Crippen molar-refractivity contribution in [1.82, 2.24) is 9.88 Å². The van der Waals surface area contributed by atoms with Crippen molar-refractivity contribution in [2.45, 2.75) is 33.2 Å². The van der Waals surface area contributed by atoms with Gasteiger partial charge in [0.05, 0.1) is 26.9 Å². The van der Waals surface area contributed by atoms with Crippen molar-refractivity contribution < 1.29 is 23.8 Å². The van der Waals surface area contributed by atoms with Gasteiger partial charge >= 0.3 is 5.97 Å². The maximum atomic E-state index is 13.2. The number of esters is 1. The molecule has 0 spiro atoms. The summed E-state index contributed by atoms with van der Waals surface area (Å²) in [5.74, 6) is 0.789. The first-order valence-electron chi connectivity index (χ1n) is 9.27. The largest absolute Gasteiger partial charge is 0.493 e. The van der Waals surface area contributed by atoms with Gasteiger partial charge in [-0.25, -0.2) is 4.79 Å². The lowest BCUT2D eigenvalue weighted by Gasteiger charge is -2.29. The highest BCUT2D eigenvalue weighted by atomic mass is 16.5. The summed E-state index contributed by atoms with van der Waals surface area (Å²) in [6.07, 6.45) is 1.34. The molecule has 0 fully saturated rings. The Morgan fingerprint density at radius 2 is 1.75 bits per heavy atom. The van der Waals surface area contributed by atoms with E-state index in [9.17, 15) is 9.59 Å². The molecular weight excluding hydrogens is 360 g/mol. The van der Waals surface area contributed by atoms with Gasteiger partial charge in [0.25, 0.3) is 5.91 Å². The minimum Gasteiger partial charge on any atom is -0.493 e. The van der Waals surface area contributed by atoms with Crippen LogP contribution in [0.1, 0.15) is 50.2 Å². The normalized spacial score (nSPS) is 13.1. The number of nitrogens with one attached hydrogen (secondary N) is 1. The van der Waals surface area contributed by atoms with Crippen LogP contribution in [-0.2, 0) is 24.1 Å². The maximum absolute atomic E-state index is 13.2. The molecule has 1 N–H and O–H groups in total. The van der Waals surface area contributed by atoms with Crippen LogP contribution in [0.15, 0.2) is 12.1 Å². The number of amides is 1. The minimum absolute atomic E-state index is 0.122. The Morgan fingerprint density at radius 1 is 1.11 bits per heavy atom. The van der Waals surface area contributed by atoms with Gasteiger partial charge in [0.2, 0.25) is 0 Å². The molecule has 1 aliphatic rings. The predicted octanol–water partition coefficient (Wildman–Crippen LogP) is 2.89. The Labute approximate surface area is 164 Å². The molecule has 1 aromatic heterocycles. The molecule has 7 nitrogen and oxygen atoms in total. The van der Waals surface area contributed by atoms with Gasteiger partial charge in [-0.15, -0.1) is 0 Å². The number of nitrogens with zero attached hydrogens (tertiary/aromatic N) is 1. The molecule has 1 amide bonds. The molecule has 0 saturated carbocycles. The molecule has 0 saturated heterocycles. The van der Waals surface area contributed by atoms with Crippen molar-refractivity contribution in [1.29, 1.82) is 0 Å². The van der Waals surface area contributed by atoms with Crippen LogP contribution in [0, 0.1) is 6.92 Å². The lowest BCUT2D eigenvalue weighted by molar-refractivity contribution is 0.0599. The van der Waals surface area contributed by atoms with Gasteiger partial charge in [-0.05, 0) is 48.6 Å². The molecule has 0 radical (unpaired) electrons.